The fraction of sp³-hybridized carbons (Fsp3) is 0.867. The van der Waals surface area contributed by atoms with Gasteiger partial charge in [-0.25, -0.2) is 0 Å². The van der Waals surface area contributed by atoms with E-state index in [1.165, 1.54) is 31.4 Å². The van der Waals surface area contributed by atoms with Crippen LogP contribution in [0, 0.1) is 0 Å². The monoisotopic (exact) mass is 253 g/mol. The molecule has 1 N–H and O–H groups in total. The molecule has 3 nitrogen and oxygen atoms in total. The maximum atomic E-state index is 5.81. The van der Waals surface area contributed by atoms with Gasteiger partial charge in [0.1, 0.15) is 5.76 Å². The summed E-state index contributed by atoms with van der Waals surface area (Å²) < 4.78 is 11.5. The highest BCUT2D eigenvalue weighted by Crippen LogP contribution is 2.22. The van der Waals surface area contributed by atoms with Crippen LogP contribution in [0.25, 0.3) is 0 Å². The Hall–Kier alpha value is -0.540. The van der Waals surface area contributed by atoms with Crippen LogP contribution < -0.4 is 5.32 Å². The van der Waals surface area contributed by atoms with Gasteiger partial charge < -0.3 is 14.8 Å². The molecule has 0 aliphatic carbocycles. The number of hydrogen-bond donors (Lipinski definition) is 1. The van der Waals surface area contributed by atoms with E-state index in [9.17, 15) is 0 Å². The third-order valence-electron chi connectivity index (χ3n) is 3.77. The predicted octanol–water partition coefficient (Wildman–Crippen LogP) is 3.01. The zero-order valence-corrected chi connectivity index (χ0v) is 11.6. The first-order chi connectivity index (χ1) is 8.90. The average molecular weight is 253 g/mol. The van der Waals surface area contributed by atoms with Crippen LogP contribution in [0.1, 0.15) is 51.9 Å². The SMILES string of the molecule is CCCNC(CCC1CCCCO1)C1=CCCO1. The molecule has 0 radical (unpaired) electrons. The van der Waals surface area contributed by atoms with Crippen molar-refractivity contribution in [1.82, 2.24) is 5.32 Å². The maximum absolute atomic E-state index is 5.81. The van der Waals surface area contributed by atoms with E-state index in [0.717, 1.165) is 39.0 Å². The van der Waals surface area contributed by atoms with Crippen molar-refractivity contribution in [2.75, 3.05) is 19.8 Å². The highest BCUT2D eigenvalue weighted by Gasteiger charge is 2.21. The summed E-state index contributed by atoms with van der Waals surface area (Å²) in [6.45, 7) is 5.09. The van der Waals surface area contributed by atoms with Crippen LogP contribution in [0.15, 0.2) is 11.8 Å². The van der Waals surface area contributed by atoms with Gasteiger partial charge in [-0.2, -0.15) is 0 Å². The lowest BCUT2D eigenvalue weighted by Crippen LogP contribution is -2.33. The van der Waals surface area contributed by atoms with Crippen LogP contribution in [0.5, 0.6) is 0 Å². The molecular formula is C15H27NO2. The molecule has 104 valence electrons. The lowest BCUT2D eigenvalue weighted by Gasteiger charge is -2.25. The Balaban J connectivity index is 1.76. The molecular weight excluding hydrogens is 226 g/mol. The van der Waals surface area contributed by atoms with E-state index < -0.39 is 0 Å². The van der Waals surface area contributed by atoms with E-state index in [-0.39, 0.29) is 0 Å². The molecule has 0 aromatic rings. The summed E-state index contributed by atoms with van der Waals surface area (Å²) in [4.78, 5) is 0. The summed E-state index contributed by atoms with van der Waals surface area (Å²) in [5, 5.41) is 3.60. The molecule has 0 aromatic carbocycles. The Morgan fingerprint density at radius 3 is 3.00 bits per heavy atom. The zero-order valence-electron chi connectivity index (χ0n) is 11.6. The summed E-state index contributed by atoms with van der Waals surface area (Å²) in [5.74, 6) is 1.17. The number of rotatable bonds is 7. The molecule has 0 saturated carbocycles. The lowest BCUT2D eigenvalue weighted by molar-refractivity contribution is 0.00831. The van der Waals surface area contributed by atoms with Crippen molar-refractivity contribution in [2.45, 2.75) is 64.0 Å². The van der Waals surface area contributed by atoms with Crippen molar-refractivity contribution in [2.24, 2.45) is 0 Å². The van der Waals surface area contributed by atoms with Crippen LogP contribution in [0.4, 0.5) is 0 Å². The highest BCUT2D eigenvalue weighted by atomic mass is 16.5. The van der Waals surface area contributed by atoms with E-state index in [1.807, 2.05) is 0 Å². The molecule has 2 atom stereocenters. The topological polar surface area (TPSA) is 30.5 Å². The minimum atomic E-state index is 0.401. The van der Waals surface area contributed by atoms with Crippen molar-refractivity contribution in [3.8, 4) is 0 Å². The molecule has 2 heterocycles. The van der Waals surface area contributed by atoms with Gasteiger partial charge in [-0.1, -0.05) is 6.92 Å². The van der Waals surface area contributed by atoms with Crippen LogP contribution in [0.3, 0.4) is 0 Å². The summed E-state index contributed by atoms with van der Waals surface area (Å²) >= 11 is 0. The van der Waals surface area contributed by atoms with Crippen molar-refractivity contribution in [3.63, 3.8) is 0 Å². The normalized spacial score (nSPS) is 25.6. The molecule has 2 rings (SSSR count). The first-order valence-electron chi connectivity index (χ1n) is 7.58. The quantitative estimate of drug-likeness (QED) is 0.756. The predicted molar refractivity (Wildman–Crippen MR) is 73.6 cm³/mol. The third kappa shape index (κ3) is 4.29. The molecule has 1 fully saturated rings. The molecule has 0 aromatic heterocycles. The minimum Gasteiger partial charge on any atom is -0.496 e. The first kappa shape index (κ1) is 13.9. The van der Waals surface area contributed by atoms with Crippen molar-refractivity contribution >= 4 is 0 Å². The summed E-state index contributed by atoms with van der Waals surface area (Å²) in [5.41, 5.74) is 0. The van der Waals surface area contributed by atoms with E-state index >= 15 is 0 Å². The van der Waals surface area contributed by atoms with Gasteiger partial charge in [0.15, 0.2) is 0 Å². The van der Waals surface area contributed by atoms with Gasteiger partial charge in [-0.05, 0) is 51.1 Å². The maximum Gasteiger partial charge on any atom is 0.109 e. The Morgan fingerprint density at radius 1 is 1.39 bits per heavy atom. The fourth-order valence-corrected chi connectivity index (χ4v) is 2.73. The summed E-state index contributed by atoms with van der Waals surface area (Å²) in [6, 6.07) is 0.401. The largest absolute Gasteiger partial charge is 0.496 e. The number of ether oxygens (including phenoxy) is 2. The standard InChI is InChI=1S/C15H27NO2/c1-2-10-16-14(15-7-5-12-18-15)9-8-13-6-3-4-11-17-13/h7,13-14,16H,2-6,8-12H2,1H3. The first-order valence-corrected chi connectivity index (χ1v) is 7.58. The van der Waals surface area contributed by atoms with Crippen LogP contribution >= 0.6 is 0 Å². The van der Waals surface area contributed by atoms with Crippen LogP contribution in [-0.2, 0) is 9.47 Å². The van der Waals surface area contributed by atoms with E-state index in [1.54, 1.807) is 0 Å². The Bertz CT molecular complexity index is 259. The van der Waals surface area contributed by atoms with Crippen LogP contribution in [0.2, 0.25) is 0 Å². The van der Waals surface area contributed by atoms with Gasteiger partial charge in [0, 0.05) is 13.0 Å². The second kappa shape index (κ2) is 7.80. The summed E-state index contributed by atoms with van der Waals surface area (Å²) in [6.07, 6.45) is 11.1. The molecule has 1 saturated heterocycles. The fourth-order valence-electron chi connectivity index (χ4n) is 2.73. The number of hydrogen-bond acceptors (Lipinski definition) is 3. The average Bonchev–Trinajstić information content (AvgIpc) is 2.94. The summed E-state index contributed by atoms with van der Waals surface area (Å²) in [7, 11) is 0. The minimum absolute atomic E-state index is 0.401. The van der Waals surface area contributed by atoms with E-state index in [4.69, 9.17) is 9.47 Å². The Labute approximate surface area is 111 Å². The van der Waals surface area contributed by atoms with Crippen molar-refractivity contribution < 1.29 is 9.47 Å². The molecule has 2 aliphatic heterocycles. The van der Waals surface area contributed by atoms with Gasteiger partial charge in [0.2, 0.25) is 0 Å². The van der Waals surface area contributed by atoms with Crippen LogP contribution in [-0.4, -0.2) is 31.9 Å². The lowest BCUT2D eigenvalue weighted by atomic mass is 10.0. The number of nitrogens with one attached hydrogen (secondary N) is 1. The van der Waals surface area contributed by atoms with Gasteiger partial charge in [0.05, 0.1) is 18.8 Å². The van der Waals surface area contributed by atoms with Crippen molar-refractivity contribution in [1.29, 1.82) is 0 Å². The zero-order chi connectivity index (χ0) is 12.6. The molecule has 0 bridgehead atoms. The van der Waals surface area contributed by atoms with E-state index in [0.29, 0.717) is 12.1 Å². The smallest absolute Gasteiger partial charge is 0.109 e. The van der Waals surface area contributed by atoms with Gasteiger partial charge in [-0.3, -0.25) is 0 Å². The highest BCUT2D eigenvalue weighted by molar-refractivity contribution is 5.07. The molecule has 0 amide bonds. The molecule has 18 heavy (non-hydrogen) atoms. The van der Waals surface area contributed by atoms with Gasteiger partial charge >= 0.3 is 0 Å². The van der Waals surface area contributed by atoms with Gasteiger partial charge in [-0.15, -0.1) is 0 Å². The second-order valence-electron chi connectivity index (χ2n) is 5.32. The Kier molecular flexibility index (Phi) is 6.01. The Morgan fingerprint density at radius 2 is 2.33 bits per heavy atom. The van der Waals surface area contributed by atoms with Crippen molar-refractivity contribution in [3.05, 3.63) is 11.8 Å². The van der Waals surface area contributed by atoms with Gasteiger partial charge in [0.25, 0.3) is 0 Å². The third-order valence-corrected chi connectivity index (χ3v) is 3.77. The van der Waals surface area contributed by atoms with E-state index in [2.05, 4.69) is 18.3 Å². The molecule has 3 heteroatoms. The molecule has 0 spiro atoms. The molecule has 2 unspecified atom stereocenters. The second-order valence-corrected chi connectivity index (χ2v) is 5.32. The molecule has 2 aliphatic rings.